The Labute approximate surface area is 145 Å². The van der Waals surface area contributed by atoms with Crippen LogP contribution in [0, 0.1) is 6.92 Å². The van der Waals surface area contributed by atoms with E-state index < -0.39 is 11.9 Å². The molecule has 4 nitrogen and oxygen atoms in total. The van der Waals surface area contributed by atoms with Crippen molar-refractivity contribution in [3.8, 4) is 0 Å². The highest BCUT2D eigenvalue weighted by Gasteiger charge is 2.34. The van der Waals surface area contributed by atoms with Crippen molar-refractivity contribution < 1.29 is 13.2 Å². The number of nitrogens with one attached hydrogen (secondary N) is 2. The van der Waals surface area contributed by atoms with Gasteiger partial charge in [0, 0.05) is 17.8 Å². The average molecular weight is 352 g/mol. The lowest BCUT2D eigenvalue weighted by molar-refractivity contribution is -0.141. The number of hydrogen-bond acceptors (Lipinski definition) is 4. The highest BCUT2D eigenvalue weighted by Crippen LogP contribution is 2.31. The fraction of sp³-hybridized carbons (Fsp3) is 0.444. The zero-order chi connectivity index (χ0) is 18.6. The zero-order valence-electron chi connectivity index (χ0n) is 14.8. The Hall–Kier alpha value is -2.31. The maximum atomic E-state index is 13.2. The van der Waals surface area contributed by atoms with Gasteiger partial charge in [-0.25, -0.2) is 4.98 Å². The second-order valence-electron chi connectivity index (χ2n) is 6.00. The van der Waals surface area contributed by atoms with Crippen LogP contribution in [0.25, 0.3) is 0 Å². The summed E-state index contributed by atoms with van der Waals surface area (Å²) in [7, 11) is 0. The summed E-state index contributed by atoms with van der Waals surface area (Å²) in [5.74, 6) is 0.0930. The van der Waals surface area contributed by atoms with Gasteiger partial charge < -0.3 is 10.6 Å². The summed E-state index contributed by atoms with van der Waals surface area (Å²) in [4.78, 5) is 7.83. The highest BCUT2D eigenvalue weighted by atomic mass is 19.4. The fourth-order valence-corrected chi connectivity index (χ4v) is 2.37. The topological polar surface area (TPSA) is 49.8 Å². The van der Waals surface area contributed by atoms with E-state index >= 15 is 0 Å². The first-order valence-electron chi connectivity index (χ1n) is 8.32. The van der Waals surface area contributed by atoms with E-state index in [1.54, 1.807) is 0 Å². The van der Waals surface area contributed by atoms with Crippen molar-refractivity contribution in [2.75, 3.05) is 10.6 Å². The van der Waals surface area contributed by atoms with Gasteiger partial charge in [0.15, 0.2) is 5.69 Å². The van der Waals surface area contributed by atoms with Crippen LogP contribution in [0.2, 0.25) is 0 Å². The monoisotopic (exact) mass is 352 g/mol. The van der Waals surface area contributed by atoms with Gasteiger partial charge in [-0.2, -0.15) is 18.2 Å². The van der Waals surface area contributed by atoms with E-state index in [9.17, 15) is 13.2 Å². The molecule has 0 saturated heterocycles. The van der Waals surface area contributed by atoms with E-state index in [0.29, 0.717) is 0 Å². The quantitative estimate of drug-likeness (QED) is 0.739. The van der Waals surface area contributed by atoms with Gasteiger partial charge in [0.25, 0.3) is 0 Å². The molecule has 1 aromatic heterocycles. The molecule has 1 atom stereocenters. The van der Waals surface area contributed by atoms with Crippen LogP contribution in [0.3, 0.4) is 0 Å². The van der Waals surface area contributed by atoms with Crippen molar-refractivity contribution in [2.45, 2.75) is 52.8 Å². The van der Waals surface area contributed by atoms with Crippen LogP contribution in [-0.2, 0) is 12.6 Å². The van der Waals surface area contributed by atoms with Crippen LogP contribution in [0.1, 0.15) is 44.0 Å². The molecular weight excluding hydrogens is 329 g/mol. The molecule has 2 rings (SSSR count). The number of nitrogens with zero attached hydrogens (tertiary/aromatic N) is 2. The number of benzene rings is 1. The van der Waals surface area contributed by atoms with Crippen LogP contribution in [0.15, 0.2) is 24.3 Å². The number of hydrogen-bond donors (Lipinski definition) is 2. The molecule has 0 aliphatic carbocycles. The van der Waals surface area contributed by atoms with Gasteiger partial charge >= 0.3 is 6.18 Å². The van der Waals surface area contributed by atoms with Gasteiger partial charge in [-0.1, -0.05) is 32.0 Å². The fourth-order valence-electron chi connectivity index (χ4n) is 2.37. The molecule has 0 spiro atoms. The highest BCUT2D eigenvalue weighted by molar-refractivity contribution is 5.65. The summed E-state index contributed by atoms with van der Waals surface area (Å²) in [5.41, 5.74) is 1.78. The number of aromatic nitrogens is 2. The number of rotatable bonds is 6. The van der Waals surface area contributed by atoms with Crippen molar-refractivity contribution in [3.63, 3.8) is 0 Å². The van der Waals surface area contributed by atoms with E-state index in [0.717, 1.165) is 35.7 Å². The molecular formula is C18H23F3N4. The predicted octanol–water partition coefficient (Wildman–Crippen LogP) is 5.32. The van der Waals surface area contributed by atoms with Crippen LogP contribution in [0.5, 0.6) is 0 Å². The normalized spacial score (nSPS) is 12.8. The Morgan fingerprint density at radius 2 is 1.88 bits per heavy atom. The Bertz CT molecular complexity index is 729. The molecule has 0 unspecified atom stereocenters. The van der Waals surface area contributed by atoms with Crippen molar-refractivity contribution in [1.82, 2.24) is 9.97 Å². The van der Waals surface area contributed by atoms with Gasteiger partial charge in [0.05, 0.1) is 0 Å². The molecule has 7 heteroatoms. The molecule has 136 valence electrons. The molecule has 0 amide bonds. The first-order chi connectivity index (χ1) is 11.7. The van der Waals surface area contributed by atoms with Crippen LogP contribution >= 0.6 is 0 Å². The summed E-state index contributed by atoms with van der Waals surface area (Å²) < 4.78 is 39.6. The first kappa shape index (κ1) is 19.0. The van der Waals surface area contributed by atoms with E-state index in [1.165, 1.54) is 0 Å². The maximum absolute atomic E-state index is 13.2. The van der Waals surface area contributed by atoms with Crippen LogP contribution < -0.4 is 10.6 Å². The minimum atomic E-state index is -4.54. The third kappa shape index (κ3) is 4.84. The van der Waals surface area contributed by atoms with Gasteiger partial charge in [-0.05, 0) is 37.8 Å². The molecule has 2 aromatic rings. The molecule has 2 N–H and O–H groups in total. The Kier molecular flexibility index (Phi) is 5.87. The van der Waals surface area contributed by atoms with Crippen molar-refractivity contribution in [2.24, 2.45) is 0 Å². The Balaban J connectivity index is 2.45. The summed E-state index contributed by atoms with van der Waals surface area (Å²) in [6.07, 6.45) is -3.02. The molecule has 1 aromatic carbocycles. The molecule has 0 radical (unpaired) electrons. The van der Waals surface area contributed by atoms with Crippen molar-refractivity contribution >= 4 is 17.5 Å². The lowest BCUT2D eigenvalue weighted by atomic mass is 10.1. The van der Waals surface area contributed by atoms with Gasteiger partial charge in [0.2, 0.25) is 5.95 Å². The molecule has 25 heavy (non-hydrogen) atoms. The predicted molar refractivity (Wildman–Crippen MR) is 94.2 cm³/mol. The first-order valence-corrected chi connectivity index (χ1v) is 8.32. The van der Waals surface area contributed by atoms with Gasteiger partial charge in [-0.3, -0.25) is 0 Å². The van der Waals surface area contributed by atoms with Crippen molar-refractivity contribution in [1.29, 1.82) is 0 Å². The van der Waals surface area contributed by atoms with Crippen LogP contribution in [0.4, 0.5) is 30.6 Å². The standard InChI is InChI=1S/C18H23F3N4/c1-5-12(4)22-17-23-14(18(19,20)21)10-15(25-17)24-16-11(3)8-7-9-13(16)6-2/h7-10,12H,5-6H2,1-4H3,(H2,22,23,24,25)/t12-/m1/s1. The number of aryl methyl sites for hydroxylation is 2. The molecule has 0 aliphatic rings. The zero-order valence-corrected chi connectivity index (χ0v) is 14.8. The van der Waals surface area contributed by atoms with E-state index in [1.807, 2.05) is 45.9 Å². The summed E-state index contributed by atoms with van der Waals surface area (Å²) in [6, 6.07) is 6.69. The second kappa shape index (κ2) is 7.72. The van der Waals surface area contributed by atoms with Gasteiger partial charge in [0.1, 0.15) is 5.82 Å². The minimum Gasteiger partial charge on any atom is -0.352 e. The number of para-hydroxylation sites is 1. The number of halogens is 3. The van der Waals surface area contributed by atoms with Crippen molar-refractivity contribution in [3.05, 3.63) is 41.1 Å². The maximum Gasteiger partial charge on any atom is 0.433 e. The third-order valence-electron chi connectivity index (χ3n) is 4.00. The summed E-state index contributed by atoms with van der Waals surface area (Å²) in [6.45, 7) is 7.71. The van der Waals surface area contributed by atoms with Gasteiger partial charge in [-0.15, -0.1) is 0 Å². The number of alkyl halides is 3. The van der Waals surface area contributed by atoms with E-state index in [2.05, 4.69) is 20.6 Å². The van der Waals surface area contributed by atoms with E-state index in [-0.39, 0.29) is 17.8 Å². The van der Waals surface area contributed by atoms with E-state index in [4.69, 9.17) is 0 Å². The SMILES string of the molecule is CCc1cccc(C)c1Nc1cc(C(F)(F)F)nc(N[C@H](C)CC)n1. The molecule has 0 aliphatic heterocycles. The number of anilines is 3. The summed E-state index contributed by atoms with van der Waals surface area (Å²) >= 11 is 0. The average Bonchev–Trinajstić information content (AvgIpc) is 2.55. The lowest BCUT2D eigenvalue weighted by Crippen LogP contribution is -2.19. The summed E-state index contributed by atoms with van der Waals surface area (Å²) in [5, 5.41) is 5.96. The van der Waals surface area contributed by atoms with Crippen LogP contribution in [-0.4, -0.2) is 16.0 Å². The third-order valence-corrected chi connectivity index (χ3v) is 4.00. The molecule has 0 saturated carbocycles. The smallest absolute Gasteiger partial charge is 0.352 e. The molecule has 0 fully saturated rings. The largest absolute Gasteiger partial charge is 0.433 e. The lowest BCUT2D eigenvalue weighted by Gasteiger charge is -2.17. The Morgan fingerprint density at radius 1 is 1.16 bits per heavy atom. The Morgan fingerprint density at radius 3 is 2.48 bits per heavy atom. The molecule has 1 heterocycles. The minimum absolute atomic E-state index is 0.0269. The molecule has 0 bridgehead atoms. The second-order valence-corrected chi connectivity index (χ2v) is 6.00.